The first-order valence-electron chi connectivity index (χ1n) is 6.74. The second kappa shape index (κ2) is 5.93. The van der Waals surface area contributed by atoms with Crippen molar-refractivity contribution in [1.29, 1.82) is 0 Å². The maximum Gasteiger partial charge on any atom is 0.129 e. The fourth-order valence-electron chi connectivity index (χ4n) is 2.82. The Balaban J connectivity index is 1.81. The molecule has 1 unspecified atom stereocenters. The van der Waals surface area contributed by atoms with Crippen molar-refractivity contribution in [2.45, 2.75) is 31.7 Å². The second-order valence-electron chi connectivity index (χ2n) is 5.05. The van der Waals surface area contributed by atoms with E-state index in [1.165, 1.54) is 30.6 Å². The van der Waals surface area contributed by atoms with Crippen molar-refractivity contribution in [3.63, 3.8) is 0 Å². The predicted octanol–water partition coefficient (Wildman–Crippen LogP) is 5.14. The summed E-state index contributed by atoms with van der Waals surface area (Å²) >= 11 is 7.67. The summed E-state index contributed by atoms with van der Waals surface area (Å²) in [6.07, 6.45) is 7.16. The average Bonchev–Trinajstić information content (AvgIpc) is 3.11. The highest BCUT2D eigenvalue weighted by atomic mass is 35.5. The van der Waals surface area contributed by atoms with Gasteiger partial charge in [0.2, 0.25) is 0 Å². The lowest BCUT2D eigenvalue weighted by atomic mass is 9.96. The molecule has 4 heteroatoms. The number of hydrogen-bond donors (Lipinski definition) is 1. The molecule has 100 valence electrons. The van der Waals surface area contributed by atoms with Crippen LogP contribution in [0.15, 0.2) is 35.8 Å². The zero-order valence-corrected chi connectivity index (χ0v) is 12.3. The van der Waals surface area contributed by atoms with E-state index in [1.54, 1.807) is 0 Å². The van der Waals surface area contributed by atoms with E-state index < -0.39 is 0 Å². The zero-order valence-electron chi connectivity index (χ0n) is 10.7. The van der Waals surface area contributed by atoms with Crippen molar-refractivity contribution in [1.82, 2.24) is 4.98 Å². The van der Waals surface area contributed by atoms with Gasteiger partial charge in [-0.15, -0.1) is 11.3 Å². The third-order valence-electron chi connectivity index (χ3n) is 3.77. The Morgan fingerprint density at radius 2 is 2.11 bits per heavy atom. The van der Waals surface area contributed by atoms with E-state index in [0.717, 1.165) is 11.6 Å². The maximum atomic E-state index is 5.84. The van der Waals surface area contributed by atoms with Gasteiger partial charge in [0.25, 0.3) is 0 Å². The Morgan fingerprint density at radius 1 is 1.26 bits per heavy atom. The molecule has 0 aliphatic heterocycles. The fraction of sp³-hybridized carbons (Fsp3) is 0.400. The highest BCUT2D eigenvalue weighted by Gasteiger charge is 2.27. The predicted molar refractivity (Wildman–Crippen MR) is 81.9 cm³/mol. The van der Waals surface area contributed by atoms with Crippen LogP contribution < -0.4 is 5.32 Å². The van der Waals surface area contributed by atoms with E-state index in [-0.39, 0.29) is 0 Å². The minimum Gasteiger partial charge on any atom is -0.376 e. The summed E-state index contributed by atoms with van der Waals surface area (Å²) in [6, 6.07) is 8.60. The van der Waals surface area contributed by atoms with Gasteiger partial charge in [0.05, 0.1) is 17.9 Å². The topological polar surface area (TPSA) is 24.9 Å². The molecule has 0 bridgehead atoms. The first-order chi connectivity index (χ1) is 9.33. The normalized spacial score (nSPS) is 17.5. The first kappa shape index (κ1) is 12.9. The lowest BCUT2D eigenvalue weighted by molar-refractivity contribution is 0.475. The average molecular weight is 293 g/mol. The van der Waals surface area contributed by atoms with Gasteiger partial charge in [-0.1, -0.05) is 30.5 Å². The summed E-state index contributed by atoms with van der Waals surface area (Å²) in [5.41, 5.74) is 1.05. The van der Waals surface area contributed by atoms with Crippen molar-refractivity contribution in [3.8, 4) is 0 Å². The van der Waals surface area contributed by atoms with Gasteiger partial charge in [0.1, 0.15) is 5.15 Å². The summed E-state index contributed by atoms with van der Waals surface area (Å²) in [4.78, 5) is 5.56. The van der Waals surface area contributed by atoms with Crippen LogP contribution in [0.4, 0.5) is 5.69 Å². The largest absolute Gasteiger partial charge is 0.376 e. The van der Waals surface area contributed by atoms with Crippen LogP contribution in [0.5, 0.6) is 0 Å². The molecule has 2 aromatic rings. The van der Waals surface area contributed by atoms with Crippen molar-refractivity contribution < 1.29 is 0 Å². The Hall–Kier alpha value is -1.06. The number of halogens is 1. The van der Waals surface area contributed by atoms with Crippen LogP contribution in [0.25, 0.3) is 0 Å². The Bertz CT molecular complexity index is 503. The summed E-state index contributed by atoms with van der Waals surface area (Å²) in [7, 11) is 0. The van der Waals surface area contributed by atoms with E-state index in [2.05, 4.69) is 27.8 Å². The van der Waals surface area contributed by atoms with Crippen LogP contribution in [0.1, 0.15) is 36.6 Å². The van der Waals surface area contributed by atoms with Crippen LogP contribution in [0.3, 0.4) is 0 Å². The number of anilines is 1. The molecule has 19 heavy (non-hydrogen) atoms. The molecule has 0 amide bonds. The minimum atomic E-state index is 0.408. The van der Waals surface area contributed by atoms with Crippen molar-refractivity contribution >= 4 is 28.6 Å². The Labute approximate surface area is 122 Å². The van der Waals surface area contributed by atoms with Crippen LogP contribution in [-0.2, 0) is 0 Å². The standard InChI is InChI=1S/C15H17ClN2S/c16-14-8-7-12(10-17-14)18-15(11-4-1-2-5-11)13-6-3-9-19-13/h3,6-11,15,18H,1-2,4-5H2. The number of hydrogen-bond acceptors (Lipinski definition) is 3. The maximum absolute atomic E-state index is 5.84. The minimum absolute atomic E-state index is 0.408. The third kappa shape index (κ3) is 3.10. The molecule has 2 heterocycles. The van der Waals surface area contributed by atoms with Crippen molar-refractivity contribution in [3.05, 3.63) is 45.9 Å². The molecule has 1 atom stereocenters. The van der Waals surface area contributed by atoms with Crippen LogP contribution in [0, 0.1) is 5.92 Å². The molecule has 0 aromatic carbocycles. The molecule has 0 radical (unpaired) electrons. The number of aromatic nitrogens is 1. The van der Waals surface area contributed by atoms with Gasteiger partial charge in [0.15, 0.2) is 0 Å². The Morgan fingerprint density at radius 3 is 2.74 bits per heavy atom. The third-order valence-corrected chi connectivity index (χ3v) is 4.95. The van der Waals surface area contributed by atoms with Crippen molar-refractivity contribution in [2.24, 2.45) is 5.92 Å². The van der Waals surface area contributed by atoms with Crippen molar-refractivity contribution in [2.75, 3.05) is 5.32 Å². The van der Waals surface area contributed by atoms with E-state index in [9.17, 15) is 0 Å². The lowest BCUT2D eigenvalue weighted by Gasteiger charge is -2.24. The summed E-state index contributed by atoms with van der Waals surface area (Å²) in [5.74, 6) is 0.731. The summed E-state index contributed by atoms with van der Waals surface area (Å²) in [6.45, 7) is 0. The number of rotatable bonds is 4. The van der Waals surface area contributed by atoms with E-state index in [0.29, 0.717) is 11.2 Å². The number of nitrogens with one attached hydrogen (secondary N) is 1. The molecule has 1 saturated carbocycles. The van der Waals surface area contributed by atoms with Gasteiger partial charge in [-0.3, -0.25) is 0 Å². The number of thiophene rings is 1. The van der Waals surface area contributed by atoms with Crippen LogP contribution >= 0.6 is 22.9 Å². The summed E-state index contributed by atoms with van der Waals surface area (Å²) in [5, 5.41) is 6.33. The quantitative estimate of drug-likeness (QED) is 0.789. The molecule has 2 aromatic heterocycles. The van der Waals surface area contributed by atoms with E-state index in [1.807, 2.05) is 29.7 Å². The SMILES string of the molecule is Clc1ccc(NC(c2cccs2)C2CCCC2)cn1. The second-order valence-corrected chi connectivity index (χ2v) is 6.42. The van der Waals surface area contributed by atoms with Gasteiger partial charge in [0, 0.05) is 4.88 Å². The lowest BCUT2D eigenvalue weighted by Crippen LogP contribution is -2.18. The molecule has 1 N–H and O–H groups in total. The first-order valence-corrected chi connectivity index (χ1v) is 8.00. The fourth-order valence-corrected chi connectivity index (χ4v) is 3.80. The summed E-state index contributed by atoms with van der Waals surface area (Å²) < 4.78 is 0. The van der Waals surface area contributed by atoms with Crippen LogP contribution in [-0.4, -0.2) is 4.98 Å². The zero-order chi connectivity index (χ0) is 13.1. The molecule has 1 aliphatic carbocycles. The molecular weight excluding hydrogens is 276 g/mol. The molecule has 2 nitrogen and oxygen atoms in total. The van der Waals surface area contributed by atoms with Gasteiger partial charge < -0.3 is 5.32 Å². The molecule has 1 aliphatic rings. The molecule has 1 fully saturated rings. The number of nitrogens with zero attached hydrogens (tertiary/aromatic N) is 1. The van der Waals surface area contributed by atoms with Gasteiger partial charge in [-0.05, 0) is 42.3 Å². The highest BCUT2D eigenvalue weighted by Crippen LogP contribution is 2.39. The van der Waals surface area contributed by atoms with Gasteiger partial charge in [-0.2, -0.15) is 0 Å². The van der Waals surface area contributed by atoms with Gasteiger partial charge in [-0.25, -0.2) is 4.98 Å². The molecular formula is C15H17ClN2S. The van der Waals surface area contributed by atoms with Gasteiger partial charge >= 0.3 is 0 Å². The highest BCUT2D eigenvalue weighted by molar-refractivity contribution is 7.10. The Kier molecular flexibility index (Phi) is 4.04. The van der Waals surface area contributed by atoms with E-state index in [4.69, 9.17) is 11.6 Å². The monoisotopic (exact) mass is 292 g/mol. The van der Waals surface area contributed by atoms with Crippen LogP contribution in [0.2, 0.25) is 5.15 Å². The van der Waals surface area contributed by atoms with E-state index >= 15 is 0 Å². The smallest absolute Gasteiger partial charge is 0.129 e. The molecule has 3 rings (SSSR count). The molecule has 0 saturated heterocycles. The molecule has 0 spiro atoms. The number of pyridine rings is 1.